The molecule has 1 heterocycles. The van der Waals surface area contributed by atoms with Gasteiger partial charge in [0.1, 0.15) is 0 Å². The summed E-state index contributed by atoms with van der Waals surface area (Å²) >= 11 is 0. The van der Waals surface area contributed by atoms with Gasteiger partial charge in [0.2, 0.25) is 0 Å². The Labute approximate surface area is 118 Å². The van der Waals surface area contributed by atoms with Gasteiger partial charge in [-0.05, 0) is 12.3 Å². The zero-order valence-electron chi connectivity index (χ0n) is 12.2. The molecule has 1 unspecified atom stereocenters. The Balaban J connectivity index is 2.29. The van der Waals surface area contributed by atoms with E-state index in [4.69, 9.17) is 5.11 Å². The van der Waals surface area contributed by atoms with Crippen LogP contribution in [0.5, 0.6) is 0 Å². The van der Waals surface area contributed by atoms with Gasteiger partial charge in [-0.25, -0.2) is 4.79 Å². The number of carboxylic acid groups (broad SMARTS) is 1. The molecule has 0 saturated heterocycles. The highest BCUT2D eigenvalue weighted by molar-refractivity contribution is 5.73. The summed E-state index contributed by atoms with van der Waals surface area (Å²) in [5.41, 5.74) is 0.962. The Bertz CT molecular complexity index is 458. The topological polar surface area (TPSA) is 87.5 Å². The maximum Gasteiger partial charge on any atom is 0.317 e. The minimum atomic E-state index is -0.808. The highest BCUT2D eigenvalue weighted by Gasteiger charge is 2.12. The first-order valence-corrected chi connectivity index (χ1v) is 6.56. The number of aryl methyl sites for hydroxylation is 1. The SMILES string of the molecule is CC(CCC(=O)O)CNC(=O)N(C)Cc1cnn(C)c1. The van der Waals surface area contributed by atoms with Gasteiger partial charge in [0.25, 0.3) is 0 Å². The molecule has 0 aromatic carbocycles. The zero-order valence-corrected chi connectivity index (χ0v) is 12.2. The van der Waals surface area contributed by atoms with Crippen molar-refractivity contribution in [2.24, 2.45) is 13.0 Å². The lowest BCUT2D eigenvalue weighted by atomic mass is 10.1. The van der Waals surface area contributed by atoms with Crippen LogP contribution in [0.25, 0.3) is 0 Å². The molecule has 1 atom stereocenters. The number of amides is 2. The summed E-state index contributed by atoms with van der Waals surface area (Å²) in [5, 5.41) is 15.4. The van der Waals surface area contributed by atoms with Crippen LogP contribution in [-0.4, -0.2) is 45.4 Å². The average molecular weight is 282 g/mol. The molecule has 1 aromatic rings. The Morgan fingerprint density at radius 3 is 2.80 bits per heavy atom. The lowest BCUT2D eigenvalue weighted by molar-refractivity contribution is -0.137. The van der Waals surface area contributed by atoms with E-state index in [0.717, 1.165) is 5.56 Å². The number of carbonyl (C=O) groups excluding carboxylic acids is 1. The second-order valence-corrected chi connectivity index (χ2v) is 5.10. The van der Waals surface area contributed by atoms with Gasteiger partial charge >= 0.3 is 12.0 Å². The summed E-state index contributed by atoms with van der Waals surface area (Å²) < 4.78 is 1.69. The average Bonchev–Trinajstić information content (AvgIpc) is 2.78. The molecular formula is C13H22N4O3. The molecule has 0 radical (unpaired) electrons. The number of rotatable bonds is 7. The van der Waals surface area contributed by atoms with Crippen molar-refractivity contribution in [2.45, 2.75) is 26.3 Å². The fourth-order valence-electron chi connectivity index (χ4n) is 1.77. The summed E-state index contributed by atoms with van der Waals surface area (Å²) in [5.74, 6) is -0.668. The number of aromatic nitrogens is 2. The van der Waals surface area contributed by atoms with E-state index in [1.807, 2.05) is 20.2 Å². The Hall–Kier alpha value is -2.05. The maximum absolute atomic E-state index is 11.9. The van der Waals surface area contributed by atoms with E-state index in [1.54, 1.807) is 22.8 Å². The molecule has 0 spiro atoms. The Morgan fingerprint density at radius 1 is 1.55 bits per heavy atom. The van der Waals surface area contributed by atoms with Crippen molar-refractivity contribution >= 4 is 12.0 Å². The summed E-state index contributed by atoms with van der Waals surface area (Å²) in [6.07, 6.45) is 4.27. The molecule has 112 valence electrons. The molecular weight excluding hydrogens is 260 g/mol. The van der Waals surface area contributed by atoms with Gasteiger partial charge in [-0.2, -0.15) is 5.10 Å². The fraction of sp³-hybridized carbons (Fsp3) is 0.615. The van der Waals surface area contributed by atoms with Crippen LogP contribution in [0.15, 0.2) is 12.4 Å². The van der Waals surface area contributed by atoms with Crippen LogP contribution in [0.4, 0.5) is 4.79 Å². The highest BCUT2D eigenvalue weighted by atomic mass is 16.4. The first-order valence-electron chi connectivity index (χ1n) is 6.56. The van der Waals surface area contributed by atoms with Crippen LogP contribution < -0.4 is 5.32 Å². The van der Waals surface area contributed by atoms with Crippen LogP contribution >= 0.6 is 0 Å². The number of hydrogen-bond acceptors (Lipinski definition) is 3. The van der Waals surface area contributed by atoms with Gasteiger partial charge in [-0.15, -0.1) is 0 Å². The number of urea groups is 1. The van der Waals surface area contributed by atoms with E-state index in [9.17, 15) is 9.59 Å². The predicted octanol–water partition coefficient (Wildman–Crippen LogP) is 1.06. The molecule has 1 rings (SSSR count). The van der Waals surface area contributed by atoms with E-state index in [1.165, 1.54) is 0 Å². The molecule has 20 heavy (non-hydrogen) atoms. The quantitative estimate of drug-likeness (QED) is 0.783. The van der Waals surface area contributed by atoms with Gasteiger partial charge in [0, 0.05) is 38.8 Å². The molecule has 1 aromatic heterocycles. The third-order valence-corrected chi connectivity index (χ3v) is 2.98. The maximum atomic E-state index is 11.9. The number of hydrogen-bond donors (Lipinski definition) is 2. The van der Waals surface area contributed by atoms with Crippen LogP contribution in [0, 0.1) is 5.92 Å². The van der Waals surface area contributed by atoms with Crippen molar-refractivity contribution in [2.75, 3.05) is 13.6 Å². The molecule has 0 saturated carbocycles. The van der Waals surface area contributed by atoms with Crippen molar-refractivity contribution in [3.05, 3.63) is 18.0 Å². The lowest BCUT2D eigenvalue weighted by Gasteiger charge is -2.19. The molecule has 0 fully saturated rings. The number of aliphatic carboxylic acids is 1. The monoisotopic (exact) mass is 282 g/mol. The standard InChI is InChI=1S/C13H22N4O3/c1-10(4-5-12(18)19)6-14-13(20)16(2)8-11-7-15-17(3)9-11/h7,9-10H,4-6,8H2,1-3H3,(H,14,20)(H,18,19). The first-order chi connectivity index (χ1) is 9.38. The molecule has 0 bridgehead atoms. The van der Waals surface area contributed by atoms with Crippen molar-refractivity contribution in [1.29, 1.82) is 0 Å². The van der Waals surface area contributed by atoms with Crippen molar-refractivity contribution in [3.63, 3.8) is 0 Å². The number of nitrogens with one attached hydrogen (secondary N) is 1. The molecule has 0 aliphatic rings. The number of carboxylic acids is 1. The van der Waals surface area contributed by atoms with Gasteiger partial charge in [0.15, 0.2) is 0 Å². The lowest BCUT2D eigenvalue weighted by Crippen LogP contribution is -2.38. The summed E-state index contributed by atoms with van der Waals surface area (Å²) in [4.78, 5) is 23.9. The van der Waals surface area contributed by atoms with Crippen molar-refractivity contribution < 1.29 is 14.7 Å². The van der Waals surface area contributed by atoms with Crippen LogP contribution in [-0.2, 0) is 18.4 Å². The van der Waals surface area contributed by atoms with Gasteiger partial charge in [-0.1, -0.05) is 6.92 Å². The summed E-state index contributed by atoms with van der Waals surface area (Å²) in [6.45, 7) is 2.89. The molecule has 0 aliphatic heterocycles. The molecule has 7 heteroatoms. The number of carbonyl (C=O) groups is 2. The molecule has 0 aliphatic carbocycles. The van der Waals surface area contributed by atoms with E-state index < -0.39 is 5.97 Å². The molecule has 2 N–H and O–H groups in total. The van der Waals surface area contributed by atoms with Crippen molar-refractivity contribution in [1.82, 2.24) is 20.0 Å². The molecule has 7 nitrogen and oxygen atoms in total. The smallest absolute Gasteiger partial charge is 0.317 e. The third-order valence-electron chi connectivity index (χ3n) is 2.98. The highest BCUT2D eigenvalue weighted by Crippen LogP contribution is 2.05. The predicted molar refractivity (Wildman–Crippen MR) is 74.1 cm³/mol. The van der Waals surface area contributed by atoms with E-state index in [0.29, 0.717) is 19.5 Å². The minimum Gasteiger partial charge on any atom is -0.481 e. The second-order valence-electron chi connectivity index (χ2n) is 5.10. The minimum absolute atomic E-state index is 0.128. The zero-order chi connectivity index (χ0) is 15.1. The van der Waals surface area contributed by atoms with Crippen LogP contribution in [0.2, 0.25) is 0 Å². The summed E-state index contributed by atoms with van der Waals surface area (Å²) in [6, 6.07) is -0.170. The normalized spacial score (nSPS) is 11.9. The van der Waals surface area contributed by atoms with Crippen LogP contribution in [0.3, 0.4) is 0 Å². The Morgan fingerprint density at radius 2 is 2.25 bits per heavy atom. The second kappa shape index (κ2) is 7.52. The van der Waals surface area contributed by atoms with Gasteiger partial charge < -0.3 is 15.3 Å². The first kappa shape index (κ1) is 16.0. The molecule has 2 amide bonds. The summed E-state index contributed by atoms with van der Waals surface area (Å²) in [7, 11) is 3.54. The van der Waals surface area contributed by atoms with E-state index >= 15 is 0 Å². The largest absolute Gasteiger partial charge is 0.481 e. The fourth-order valence-corrected chi connectivity index (χ4v) is 1.77. The van der Waals surface area contributed by atoms with E-state index in [2.05, 4.69) is 10.4 Å². The van der Waals surface area contributed by atoms with Crippen molar-refractivity contribution in [3.8, 4) is 0 Å². The van der Waals surface area contributed by atoms with Crippen LogP contribution in [0.1, 0.15) is 25.3 Å². The third kappa shape index (κ3) is 5.73. The van der Waals surface area contributed by atoms with Gasteiger partial charge in [0.05, 0.1) is 12.7 Å². The van der Waals surface area contributed by atoms with Gasteiger partial charge in [-0.3, -0.25) is 9.48 Å². The Kier molecular flexibility index (Phi) is 6.02. The number of nitrogens with zero attached hydrogens (tertiary/aromatic N) is 3. The van der Waals surface area contributed by atoms with E-state index in [-0.39, 0.29) is 18.4 Å².